The second-order valence-electron chi connectivity index (χ2n) is 4.83. The Kier molecular flexibility index (Phi) is 6.40. The molecule has 100 valence electrons. The Labute approximate surface area is 110 Å². The van der Waals surface area contributed by atoms with E-state index in [4.69, 9.17) is 10.3 Å². The fourth-order valence-corrected chi connectivity index (χ4v) is 1.95. The minimum absolute atomic E-state index is 0.621. The molecule has 0 spiro atoms. The first-order valence-electron chi connectivity index (χ1n) is 6.85. The van der Waals surface area contributed by atoms with Gasteiger partial charge in [0, 0.05) is 0 Å². The van der Waals surface area contributed by atoms with E-state index in [0.717, 1.165) is 24.5 Å². The zero-order valence-electron chi connectivity index (χ0n) is 11.8. The van der Waals surface area contributed by atoms with Gasteiger partial charge in [-0.3, -0.25) is 0 Å². The van der Waals surface area contributed by atoms with Crippen LogP contribution >= 0.6 is 0 Å². The molecule has 0 saturated heterocycles. The number of ether oxygens (including phenoxy) is 1. The van der Waals surface area contributed by atoms with Crippen LogP contribution in [0.3, 0.4) is 0 Å². The lowest BCUT2D eigenvalue weighted by Gasteiger charge is -2.16. The summed E-state index contributed by atoms with van der Waals surface area (Å²) in [6.07, 6.45) is 4.89. The molecule has 3 heteroatoms. The highest BCUT2D eigenvalue weighted by Crippen LogP contribution is 2.28. The number of hydrogen-bond donors (Lipinski definition) is 1. The lowest BCUT2D eigenvalue weighted by molar-refractivity contribution is -0.210. The van der Waals surface area contributed by atoms with E-state index in [2.05, 4.69) is 19.0 Å². The number of nitrogens with two attached hydrogens (primary N) is 1. The van der Waals surface area contributed by atoms with Gasteiger partial charge in [0.1, 0.15) is 0 Å². The van der Waals surface area contributed by atoms with Gasteiger partial charge in [-0.25, -0.2) is 0 Å². The van der Waals surface area contributed by atoms with Crippen molar-refractivity contribution >= 4 is 5.69 Å². The molecule has 2 N–H and O–H groups in total. The van der Waals surface area contributed by atoms with Crippen molar-refractivity contribution in [3.8, 4) is 5.75 Å². The molecule has 3 nitrogen and oxygen atoms in total. The van der Waals surface area contributed by atoms with Crippen molar-refractivity contribution in [3.63, 3.8) is 0 Å². The van der Waals surface area contributed by atoms with Crippen LogP contribution in [-0.4, -0.2) is 6.61 Å². The molecule has 0 saturated carbocycles. The Hall–Kier alpha value is -1.38. The van der Waals surface area contributed by atoms with Gasteiger partial charge in [0.05, 0.1) is 6.61 Å². The maximum atomic E-state index is 5.89. The Bertz CT molecular complexity index is 377. The van der Waals surface area contributed by atoms with Gasteiger partial charge in [0.15, 0.2) is 11.4 Å². The van der Waals surface area contributed by atoms with Crippen LogP contribution in [0, 0.1) is 12.8 Å². The van der Waals surface area contributed by atoms with Crippen molar-refractivity contribution in [2.75, 3.05) is 6.61 Å². The molecule has 0 aliphatic heterocycles. The number of aryl methyl sites for hydroxylation is 1. The molecule has 18 heavy (non-hydrogen) atoms. The number of hydrogen-bond acceptors (Lipinski definition) is 2. The van der Waals surface area contributed by atoms with Crippen LogP contribution in [0.4, 0.5) is 5.69 Å². The first kappa shape index (κ1) is 14.7. The molecule has 0 aromatic heterocycles. The molecule has 1 atom stereocenters. The minimum atomic E-state index is 0.621. The molecule has 0 aliphatic rings. The molecule has 1 aromatic rings. The van der Waals surface area contributed by atoms with Crippen LogP contribution in [0.5, 0.6) is 5.75 Å². The summed E-state index contributed by atoms with van der Waals surface area (Å²) >= 11 is 0. The molecule has 1 unspecified atom stereocenters. The molecular formula is C15H25N2O+. The predicted octanol–water partition coefficient (Wildman–Crippen LogP) is 3.43. The predicted molar refractivity (Wildman–Crippen MR) is 74.0 cm³/mol. The first-order chi connectivity index (χ1) is 8.71. The molecule has 0 aliphatic carbocycles. The van der Waals surface area contributed by atoms with Crippen molar-refractivity contribution in [1.82, 2.24) is 0 Å². The summed E-state index contributed by atoms with van der Waals surface area (Å²) in [5.74, 6) is 1.42. The highest BCUT2D eigenvalue weighted by atomic mass is 16.5. The Balaban J connectivity index is 2.60. The van der Waals surface area contributed by atoms with E-state index in [1.807, 2.05) is 25.1 Å². The van der Waals surface area contributed by atoms with Gasteiger partial charge in [0.25, 0.3) is 0 Å². The smallest absolute Gasteiger partial charge is 0.171 e. The van der Waals surface area contributed by atoms with Gasteiger partial charge in [-0.15, -0.1) is 0 Å². The van der Waals surface area contributed by atoms with Crippen LogP contribution in [0.1, 0.15) is 45.1 Å². The average Bonchev–Trinajstić information content (AvgIpc) is 2.39. The third-order valence-corrected chi connectivity index (χ3v) is 3.27. The number of nitrogens with zero attached hydrogens (tertiary/aromatic N) is 1. The normalized spacial score (nSPS) is 12.2. The maximum absolute atomic E-state index is 5.89. The summed E-state index contributed by atoms with van der Waals surface area (Å²) in [6.45, 7) is 7.23. The maximum Gasteiger partial charge on any atom is 0.171 e. The molecule has 1 rings (SSSR count). The molecule has 0 heterocycles. The Morgan fingerprint density at radius 1 is 1.33 bits per heavy atom. The third-order valence-electron chi connectivity index (χ3n) is 3.27. The number of rotatable bonds is 8. The lowest BCUT2D eigenvalue weighted by atomic mass is 10.0. The molecular weight excluding hydrogens is 224 g/mol. The Morgan fingerprint density at radius 2 is 2.11 bits per heavy atom. The average molecular weight is 249 g/mol. The monoisotopic (exact) mass is 249 g/mol. The fourth-order valence-electron chi connectivity index (χ4n) is 1.95. The van der Waals surface area contributed by atoms with Crippen molar-refractivity contribution < 1.29 is 10.3 Å². The van der Waals surface area contributed by atoms with E-state index in [0.29, 0.717) is 5.92 Å². The quantitative estimate of drug-likeness (QED) is 0.705. The van der Waals surface area contributed by atoms with Gasteiger partial charge >= 0.3 is 0 Å². The van der Waals surface area contributed by atoms with E-state index in [-0.39, 0.29) is 0 Å². The first-order valence-corrected chi connectivity index (χ1v) is 6.85. The van der Waals surface area contributed by atoms with Crippen molar-refractivity contribution in [2.45, 2.75) is 46.5 Å². The number of benzene rings is 1. The summed E-state index contributed by atoms with van der Waals surface area (Å²) in [5, 5.41) is 3.75. The Morgan fingerprint density at radius 3 is 2.72 bits per heavy atom. The summed E-state index contributed by atoms with van der Waals surface area (Å²) < 4.78 is 5.89. The molecule has 0 bridgehead atoms. The highest BCUT2D eigenvalue weighted by Gasteiger charge is 2.10. The molecule has 1 aromatic carbocycles. The number of unbranched alkanes of at least 4 members (excludes halogenated alkanes) is 1. The third kappa shape index (κ3) is 4.47. The standard InChI is InChI=1S/C15H24N2O/c1-4-6-7-13(5-2)11-18-15-10-12(3)8-9-14(15)17-16/h8-10,13,16H,4-7,11H2,1-3H3/p+1. The summed E-state index contributed by atoms with van der Waals surface area (Å²) in [4.78, 5) is 0. The van der Waals surface area contributed by atoms with E-state index < -0.39 is 0 Å². The summed E-state index contributed by atoms with van der Waals surface area (Å²) in [5.41, 5.74) is 7.26. The molecule has 0 fully saturated rings. The lowest BCUT2D eigenvalue weighted by Crippen LogP contribution is -2.22. The van der Waals surface area contributed by atoms with Gasteiger partial charge in [-0.2, -0.15) is 5.53 Å². The topological polar surface area (TPSA) is 47.2 Å². The second-order valence-corrected chi connectivity index (χ2v) is 4.83. The van der Waals surface area contributed by atoms with Crippen molar-refractivity contribution in [3.05, 3.63) is 23.8 Å². The van der Waals surface area contributed by atoms with Crippen molar-refractivity contribution in [2.24, 2.45) is 11.0 Å². The zero-order valence-corrected chi connectivity index (χ0v) is 11.8. The van der Waals surface area contributed by atoms with Crippen LogP contribution in [-0.2, 0) is 0 Å². The van der Waals surface area contributed by atoms with Crippen molar-refractivity contribution in [1.29, 1.82) is 0 Å². The van der Waals surface area contributed by atoms with Crippen LogP contribution in [0.2, 0.25) is 0 Å². The van der Waals surface area contributed by atoms with Crippen LogP contribution < -0.4 is 10.3 Å². The largest absolute Gasteiger partial charge is 0.491 e. The van der Waals surface area contributed by atoms with Gasteiger partial charge in [-0.1, -0.05) is 39.2 Å². The second kappa shape index (κ2) is 7.85. The molecule has 0 amide bonds. The zero-order chi connectivity index (χ0) is 13.4. The van der Waals surface area contributed by atoms with Gasteiger partial charge in [0.2, 0.25) is 0 Å². The summed E-state index contributed by atoms with van der Waals surface area (Å²) in [7, 11) is 0. The van der Waals surface area contributed by atoms with E-state index in [1.54, 1.807) is 0 Å². The van der Waals surface area contributed by atoms with E-state index in [1.165, 1.54) is 24.8 Å². The van der Waals surface area contributed by atoms with Gasteiger partial charge < -0.3 is 4.74 Å². The highest BCUT2D eigenvalue weighted by molar-refractivity contribution is 5.52. The molecule has 0 radical (unpaired) electrons. The van der Waals surface area contributed by atoms with E-state index >= 15 is 0 Å². The summed E-state index contributed by atoms with van der Waals surface area (Å²) in [6, 6.07) is 5.89. The minimum Gasteiger partial charge on any atom is -0.491 e. The van der Waals surface area contributed by atoms with E-state index in [9.17, 15) is 0 Å². The van der Waals surface area contributed by atoms with Crippen LogP contribution in [0.25, 0.3) is 0 Å². The SMILES string of the molecule is CCCCC(CC)COc1cc(C)ccc1N=[NH2+]. The van der Waals surface area contributed by atoms with Crippen LogP contribution in [0.15, 0.2) is 23.3 Å². The fraction of sp³-hybridized carbons (Fsp3) is 0.600. The van der Waals surface area contributed by atoms with Gasteiger partial charge in [-0.05, 0) is 42.1 Å².